The number of pyridine rings is 2. The van der Waals surface area contributed by atoms with E-state index in [9.17, 15) is 0 Å². The summed E-state index contributed by atoms with van der Waals surface area (Å²) in [4.78, 5) is 9.51. The molecule has 0 aliphatic rings. The van der Waals surface area contributed by atoms with Crippen LogP contribution in [0.2, 0.25) is 0 Å². The first-order chi connectivity index (χ1) is 12.1. The number of benzene rings is 2. The van der Waals surface area contributed by atoms with Gasteiger partial charge in [0.25, 0.3) is 0 Å². The van der Waals surface area contributed by atoms with Gasteiger partial charge in [0, 0.05) is 0 Å². The Kier molecular flexibility index (Phi) is 6.85. The third-order valence-electron chi connectivity index (χ3n) is 4.37. The van der Waals surface area contributed by atoms with Gasteiger partial charge in [0.15, 0.2) is 0 Å². The maximum Gasteiger partial charge on any atom is -0.147 e. The van der Waals surface area contributed by atoms with E-state index in [1.165, 1.54) is 20.0 Å². The van der Waals surface area contributed by atoms with Gasteiger partial charge in [0.05, 0.1) is 0 Å². The zero-order valence-electron chi connectivity index (χ0n) is 15.6. The number of nitrogens with zero attached hydrogens (tertiary/aromatic N) is 2. The second-order valence-corrected chi connectivity index (χ2v) is 7.86. The molecule has 2 heterocycles. The van der Waals surface area contributed by atoms with Crippen LogP contribution in [0, 0.1) is 13.8 Å². The van der Waals surface area contributed by atoms with Crippen molar-refractivity contribution in [1.82, 2.24) is 16.1 Å². The number of fused-ring (bicyclic) bond motifs is 3. The Hall–Kier alpha value is -2.10. The molecule has 0 aliphatic heterocycles. The zero-order valence-corrected chi connectivity index (χ0v) is 17.6. The molecule has 3 nitrogen and oxygen atoms in total. The fourth-order valence-corrected chi connectivity index (χ4v) is 4.35. The molecule has 0 unspecified atom stereocenters. The summed E-state index contributed by atoms with van der Waals surface area (Å²) in [6.45, 7) is 6.54. The van der Waals surface area contributed by atoms with Gasteiger partial charge in [-0.1, -0.05) is 0 Å². The molecule has 0 atom stereocenters. The largest absolute Gasteiger partial charge is 0.344 e. The zero-order chi connectivity index (χ0) is 17.4. The predicted octanol–water partition coefficient (Wildman–Crippen LogP) is 4.93. The van der Waals surface area contributed by atoms with Crippen molar-refractivity contribution in [2.75, 3.05) is 0 Å². The average molecular weight is 421 g/mol. The average Bonchev–Trinajstić information content (AvgIpc) is 2.64. The first-order valence-electron chi connectivity index (χ1n) is 8.30. The minimum Gasteiger partial charge on any atom is -0.344 e. The molecule has 4 rings (SSSR count). The van der Waals surface area contributed by atoms with E-state index in [1.54, 1.807) is 0 Å². The molecule has 141 valence electrons. The van der Waals surface area contributed by atoms with Crippen molar-refractivity contribution in [1.29, 1.82) is 0 Å². The number of hydrogen-bond donors (Lipinski definition) is 1. The molecule has 5 heteroatoms. The molecule has 2 aromatic heterocycles. The van der Waals surface area contributed by atoms with Crippen LogP contribution in [0.4, 0.5) is 0 Å². The first kappa shape index (κ1) is 21.2. The molecule has 2 aromatic carbocycles. The van der Waals surface area contributed by atoms with Gasteiger partial charge >= 0.3 is 154 Å². The molecule has 0 bridgehead atoms. The molecule has 0 saturated carbocycles. The number of hydrogen-bond acceptors (Lipinski definition) is 3. The molecule has 0 spiro atoms. The van der Waals surface area contributed by atoms with Crippen LogP contribution in [0.5, 0.6) is 0 Å². The van der Waals surface area contributed by atoms with E-state index >= 15 is 0 Å². The molecule has 4 aromatic rings. The summed E-state index contributed by atoms with van der Waals surface area (Å²) in [6, 6.07) is 19.0. The van der Waals surface area contributed by atoms with Gasteiger partial charge in [-0.15, -0.1) is 12.4 Å². The Bertz CT molecular complexity index is 1120. The number of aromatic nitrogens is 2. The van der Waals surface area contributed by atoms with E-state index in [0.29, 0.717) is 0 Å². The maximum atomic E-state index is 4.96. The molecule has 0 amide bonds. The summed E-state index contributed by atoms with van der Waals surface area (Å²) in [7, 11) is 0. The van der Waals surface area contributed by atoms with Crippen LogP contribution in [-0.2, 0) is 14.5 Å². The van der Waals surface area contributed by atoms with E-state index in [-0.39, 0.29) is 18.6 Å². The molecule has 0 radical (unpaired) electrons. The third-order valence-corrected chi connectivity index (χ3v) is 6.21. The van der Waals surface area contributed by atoms with Crippen LogP contribution in [0.3, 0.4) is 0 Å². The quantitative estimate of drug-likeness (QED) is 0.369. The monoisotopic (exact) mass is 420 g/mol. The van der Waals surface area contributed by atoms with Crippen LogP contribution >= 0.6 is 12.4 Å². The van der Waals surface area contributed by atoms with Gasteiger partial charge in [0.1, 0.15) is 0 Å². The van der Waals surface area contributed by atoms with Crippen LogP contribution in [0.1, 0.15) is 23.7 Å². The summed E-state index contributed by atoms with van der Waals surface area (Å²) < 4.78 is 2.69. The van der Waals surface area contributed by atoms with Crippen LogP contribution in [-0.4, -0.2) is 14.4 Å². The second-order valence-electron chi connectivity index (χ2n) is 6.21. The van der Waals surface area contributed by atoms with Crippen molar-refractivity contribution in [3.8, 4) is 0 Å². The second kappa shape index (κ2) is 8.73. The summed E-state index contributed by atoms with van der Waals surface area (Å²) in [6.07, 6.45) is 1.84. The summed E-state index contributed by atoms with van der Waals surface area (Å²) in [5.41, 5.74) is 5.69. The Balaban J connectivity index is 0.00000131. The fraction of sp³-hybridized carbons (Fsp3) is 0.136. The van der Waals surface area contributed by atoms with E-state index in [1.807, 2.05) is 12.3 Å². The Morgan fingerprint density at radius 1 is 0.815 bits per heavy atom. The Morgan fingerprint density at radius 3 is 2.15 bits per heavy atom. The fourth-order valence-electron chi connectivity index (χ4n) is 3.02. The number of rotatable bonds is 2. The molecule has 3 N–H and O–H groups in total. The van der Waals surface area contributed by atoms with Crippen molar-refractivity contribution in [2.45, 2.75) is 20.8 Å². The Morgan fingerprint density at radius 2 is 1.44 bits per heavy atom. The SMILES string of the molecule is C/[C](=[Fe]\[c]1c(C)cccc1C)c1ccc2ccc3cccnc3c2n1.Cl.N. The third kappa shape index (κ3) is 4.10. The van der Waals surface area contributed by atoms with Crippen molar-refractivity contribution in [3.05, 3.63) is 77.6 Å². The summed E-state index contributed by atoms with van der Waals surface area (Å²) >= 11 is 0.926. The molecule has 0 saturated heterocycles. The number of aryl methyl sites for hydroxylation is 2. The molecule has 0 aliphatic carbocycles. The smallest absolute Gasteiger partial charge is 0.147 e. The number of halogens is 1. The van der Waals surface area contributed by atoms with E-state index in [2.05, 4.69) is 74.3 Å². The topological polar surface area (TPSA) is 60.8 Å². The van der Waals surface area contributed by atoms with Gasteiger partial charge in [0.2, 0.25) is 0 Å². The standard InChI is InChI=1S/C14H10N2.C8H9.ClH.Fe.H3N/c1-2-12-8-7-11-6-5-10-4-3-9-15-13(10)14(11)16-12;1-7-4-3-5-8(2)6-7;;;/h3-9H,1H3;3-5H,1-2H3;1H;;1H3. The van der Waals surface area contributed by atoms with E-state index < -0.39 is 0 Å². The first-order valence-corrected chi connectivity index (χ1v) is 9.41. The van der Waals surface area contributed by atoms with Gasteiger partial charge in [-0.25, -0.2) is 0 Å². The Labute approximate surface area is 171 Å². The van der Waals surface area contributed by atoms with Gasteiger partial charge < -0.3 is 6.15 Å². The molecular formula is C22H23ClFeN3. The molecule has 27 heavy (non-hydrogen) atoms. The van der Waals surface area contributed by atoms with Crippen LogP contribution < -0.4 is 10.6 Å². The van der Waals surface area contributed by atoms with Crippen LogP contribution in [0.15, 0.2) is 60.8 Å². The van der Waals surface area contributed by atoms with Crippen molar-refractivity contribution < 1.29 is 14.5 Å². The molecular weight excluding hydrogens is 398 g/mol. The summed E-state index contributed by atoms with van der Waals surface area (Å²) in [5, 5.41) is 2.27. The van der Waals surface area contributed by atoms with Gasteiger partial charge in [-0.3, -0.25) is 0 Å². The van der Waals surface area contributed by atoms with E-state index in [0.717, 1.165) is 42.0 Å². The van der Waals surface area contributed by atoms with Gasteiger partial charge in [-0.05, 0) is 0 Å². The molecule has 0 fully saturated rings. The van der Waals surface area contributed by atoms with Crippen molar-refractivity contribution in [2.24, 2.45) is 0 Å². The minimum absolute atomic E-state index is 0. The summed E-state index contributed by atoms with van der Waals surface area (Å²) in [5.74, 6) is 0. The van der Waals surface area contributed by atoms with Crippen molar-refractivity contribution in [3.63, 3.8) is 0 Å². The predicted molar refractivity (Wildman–Crippen MR) is 115 cm³/mol. The maximum absolute atomic E-state index is 4.96. The van der Waals surface area contributed by atoms with Gasteiger partial charge in [-0.2, -0.15) is 0 Å². The normalized spacial score (nSPS) is 11.4. The van der Waals surface area contributed by atoms with E-state index in [4.69, 9.17) is 4.98 Å². The van der Waals surface area contributed by atoms with Crippen molar-refractivity contribution >= 4 is 43.1 Å². The minimum atomic E-state index is 0. The van der Waals surface area contributed by atoms with Crippen LogP contribution in [0.25, 0.3) is 21.8 Å².